The number of benzene rings is 1. The number of nitrogens with zero attached hydrogens (tertiary/aromatic N) is 1. The van der Waals surface area contributed by atoms with E-state index in [4.69, 9.17) is 10.5 Å². The number of anilines is 1. The first-order chi connectivity index (χ1) is 15.8. The Morgan fingerprint density at radius 1 is 1.21 bits per heavy atom. The highest BCUT2D eigenvalue weighted by Crippen LogP contribution is 2.20. The molecular formula is C24H31N5O4. The van der Waals surface area contributed by atoms with Crippen LogP contribution in [0.15, 0.2) is 36.4 Å². The molecule has 1 aromatic heterocycles. The van der Waals surface area contributed by atoms with Crippen molar-refractivity contribution >= 4 is 23.6 Å². The van der Waals surface area contributed by atoms with Gasteiger partial charge in [-0.25, -0.2) is 9.78 Å². The minimum Gasteiger partial charge on any atom is -0.465 e. The molecular weight excluding hydrogens is 422 g/mol. The summed E-state index contributed by atoms with van der Waals surface area (Å²) >= 11 is 0. The highest BCUT2D eigenvalue weighted by Gasteiger charge is 2.31. The standard InChI is InChI=1S/C24H31N5O4/c1-14-19(8-9-21(25)28-14)13-27-22(30)15(2)29-23(31)20-11-17(12-26-20)10-16-4-6-18(7-5-16)24(32)33-3/h4-9,15,17,20,26H,10-13H2,1-3H3,(H2,25,28)(H,27,30)(H,29,31)/t15-,17-,20+/m0/s1. The zero-order valence-electron chi connectivity index (χ0n) is 19.2. The second-order valence-electron chi connectivity index (χ2n) is 8.38. The first-order valence-corrected chi connectivity index (χ1v) is 11.0. The molecule has 9 nitrogen and oxygen atoms in total. The van der Waals surface area contributed by atoms with Crippen molar-refractivity contribution in [3.05, 3.63) is 58.8 Å². The minimum atomic E-state index is -0.661. The van der Waals surface area contributed by atoms with Crippen LogP contribution in [0.3, 0.4) is 0 Å². The molecule has 0 aliphatic carbocycles. The molecule has 33 heavy (non-hydrogen) atoms. The number of ether oxygens (including phenoxy) is 1. The van der Waals surface area contributed by atoms with Gasteiger partial charge >= 0.3 is 5.97 Å². The maximum absolute atomic E-state index is 12.6. The maximum Gasteiger partial charge on any atom is 0.337 e. The number of carbonyl (C=O) groups is 3. The number of aromatic nitrogens is 1. The van der Waals surface area contributed by atoms with Crippen LogP contribution >= 0.6 is 0 Å². The SMILES string of the molecule is COC(=O)c1ccc(C[C@@H]2CN[C@@H](C(=O)N[C@@H](C)C(=O)NCc3ccc(N)nc3C)C2)cc1. The molecule has 2 heterocycles. The first-order valence-electron chi connectivity index (χ1n) is 11.0. The Hall–Kier alpha value is -3.46. The van der Waals surface area contributed by atoms with E-state index in [2.05, 4.69) is 20.9 Å². The van der Waals surface area contributed by atoms with Crippen LogP contribution in [-0.4, -0.2) is 48.5 Å². The molecule has 2 amide bonds. The number of methoxy groups -OCH3 is 1. The van der Waals surface area contributed by atoms with E-state index in [0.29, 0.717) is 30.9 Å². The number of nitrogens with two attached hydrogens (primary N) is 1. The predicted molar refractivity (Wildman–Crippen MR) is 124 cm³/mol. The Bertz CT molecular complexity index is 1010. The van der Waals surface area contributed by atoms with E-state index in [0.717, 1.165) is 23.2 Å². The summed E-state index contributed by atoms with van der Waals surface area (Å²) < 4.78 is 4.72. The van der Waals surface area contributed by atoms with Gasteiger partial charge in [0.25, 0.3) is 0 Å². The van der Waals surface area contributed by atoms with E-state index in [9.17, 15) is 14.4 Å². The van der Waals surface area contributed by atoms with Gasteiger partial charge in [0.15, 0.2) is 0 Å². The van der Waals surface area contributed by atoms with Crippen LogP contribution in [-0.2, 0) is 27.3 Å². The van der Waals surface area contributed by atoms with Crippen LogP contribution in [0, 0.1) is 12.8 Å². The average molecular weight is 454 g/mol. The van der Waals surface area contributed by atoms with Crippen molar-refractivity contribution in [3.63, 3.8) is 0 Å². The summed E-state index contributed by atoms with van der Waals surface area (Å²) in [6, 6.07) is 9.82. The molecule has 0 radical (unpaired) electrons. The summed E-state index contributed by atoms with van der Waals surface area (Å²) in [5.74, 6) is -0.0933. The largest absolute Gasteiger partial charge is 0.465 e. The molecule has 1 fully saturated rings. The van der Waals surface area contributed by atoms with Crippen molar-refractivity contribution in [1.82, 2.24) is 20.9 Å². The first kappa shape index (κ1) is 24.2. The summed E-state index contributed by atoms with van der Waals surface area (Å²) in [7, 11) is 1.36. The lowest BCUT2D eigenvalue weighted by Crippen LogP contribution is -2.50. The van der Waals surface area contributed by atoms with Gasteiger partial charge < -0.3 is 26.4 Å². The van der Waals surface area contributed by atoms with Gasteiger partial charge in [0.05, 0.1) is 18.7 Å². The van der Waals surface area contributed by atoms with E-state index in [1.807, 2.05) is 25.1 Å². The zero-order chi connectivity index (χ0) is 24.0. The summed E-state index contributed by atoms with van der Waals surface area (Å²) in [5, 5.41) is 8.86. The number of nitrogens with one attached hydrogen (secondary N) is 3. The monoisotopic (exact) mass is 453 g/mol. The fourth-order valence-electron chi connectivity index (χ4n) is 3.90. The predicted octanol–water partition coefficient (Wildman–Crippen LogP) is 1.10. The van der Waals surface area contributed by atoms with Gasteiger partial charge in [0.2, 0.25) is 11.8 Å². The third-order valence-electron chi connectivity index (χ3n) is 5.86. The van der Waals surface area contributed by atoms with Crippen molar-refractivity contribution in [2.24, 2.45) is 5.92 Å². The Morgan fingerprint density at radius 3 is 2.61 bits per heavy atom. The van der Waals surface area contributed by atoms with Gasteiger partial charge in [-0.15, -0.1) is 0 Å². The fourth-order valence-corrected chi connectivity index (χ4v) is 3.90. The summed E-state index contributed by atoms with van der Waals surface area (Å²) in [6.45, 7) is 4.52. The zero-order valence-corrected chi connectivity index (χ0v) is 19.2. The molecule has 0 unspecified atom stereocenters. The molecule has 0 bridgehead atoms. The molecule has 1 aromatic carbocycles. The summed E-state index contributed by atoms with van der Waals surface area (Å²) in [5.41, 5.74) is 8.89. The average Bonchev–Trinajstić information content (AvgIpc) is 3.27. The molecule has 0 spiro atoms. The highest BCUT2D eigenvalue weighted by atomic mass is 16.5. The lowest BCUT2D eigenvalue weighted by atomic mass is 9.96. The molecule has 1 aliphatic rings. The Kier molecular flexibility index (Phi) is 8.00. The quantitative estimate of drug-likeness (QED) is 0.440. The van der Waals surface area contributed by atoms with Gasteiger partial charge in [-0.3, -0.25) is 9.59 Å². The van der Waals surface area contributed by atoms with Crippen LogP contribution in [0.1, 0.15) is 40.5 Å². The van der Waals surface area contributed by atoms with Crippen molar-refractivity contribution in [1.29, 1.82) is 0 Å². The van der Waals surface area contributed by atoms with Crippen LogP contribution < -0.4 is 21.7 Å². The number of hydrogen-bond acceptors (Lipinski definition) is 7. The maximum atomic E-state index is 12.6. The molecule has 1 aliphatic heterocycles. The normalized spacial score (nSPS) is 18.4. The summed E-state index contributed by atoms with van der Waals surface area (Å²) in [6.07, 6.45) is 1.47. The van der Waals surface area contributed by atoms with Gasteiger partial charge in [-0.05, 0) is 68.5 Å². The van der Waals surface area contributed by atoms with Crippen LogP contribution in [0.2, 0.25) is 0 Å². The number of aryl methyl sites for hydroxylation is 1. The third-order valence-corrected chi connectivity index (χ3v) is 5.86. The van der Waals surface area contributed by atoms with E-state index in [-0.39, 0.29) is 29.7 Å². The molecule has 1 saturated heterocycles. The number of rotatable bonds is 8. The Balaban J connectivity index is 1.44. The number of amides is 2. The number of hydrogen-bond donors (Lipinski definition) is 4. The molecule has 3 rings (SSSR count). The van der Waals surface area contributed by atoms with Crippen molar-refractivity contribution in [2.75, 3.05) is 19.4 Å². The molecule has 0 saturated carbocycles. The van der Waals surface area contributed by atoms with Gasteiger partial charge in [0, 0.05) is 12.2 Å². The highest BCUT2D eigenvalue weighted by molar-refractivity contribution is 5.90. The van der Waals surface area contributed by atoms with Crippen molar-refractivity contribution in [2.45, 2.75) is 45.3 Å². The molecule has 3 atom stereocenters. The van der Waals surface area contributed by atoms with E-state index < -0.39 is 6.04 Å². The van der Waals surface area contributed by atoms with E-state index >= 15 is 0 Å². The van der Waals surface area contributed by atoms with Crippen LogP contribution in [0.4, 0.5) is 5.82 Å². The van der Waals surface area contributed by atoms with Gasteiger partial charge in [0.1, 0.15) is 11.9 Å². The fraction of sp³-hybridized carbons (Fsp3) is 0.417. The minimum absolute atomic E-state index is 0.188. The van der Waals surface area contributed by atoms with Crippen LogP contribution in [0.5, 0.6) is 0 Å². The van der Waals surface area contributed by atoms with Gasteiger partial charge in [-0.2, -0.15) is 0 Å². The second-order valence-corrected chi connectivity index (χ2v) is 8.38. The van der Waals surface area contributed by atoms with Gasteiger partial charge in [-0.1, -0.05) is 18.2 Å². The van der Waals surface area contributed by atoms with Crippen molar-refractivity contribution < 1.29 is 19.1 Å². The molecule has 9 heteroatoms. The summed E-state index contributed by atoms with van der Waals surface area (Å²) in [4.78, 5) is 40.8. The molecule has 2 aromatic rings. The topological polar surface area (TPSA) is 135 Å². The Morgan fingerprint density at radius 2 is 1.94 bits per heavy atom. The van der Waals surface area contributed by atoms with E-state index in [1.165, 1.54) is 7.11 Å². The number of pyridine rings is 1. The smallest absolute Gasteiger partial charge is 0.337 e. The number of esters is 1. The number of nitrogen functional groups attached to an aromatic ring is 1. The third kappa shape index (κ3) is 6.52. The molecule has 5 N–H and O–H groups in total. The van der Waals surface area contributed by atoms with Crippen LogP contribution in [0.25, 0.3) is 0 Å². The van der Waals surface area contributed by atoms with Crippen molar-refractivity contribution in [3.8, 4) is 0 Å². The molecule has 176 valence electrons. The van der Waals surface area contributed by atoms with E-state index in [1.54, 1.807) is 25.1 Å². The second kappa shape index (κ2) is 10.9. The number of carbonyl (C=O) groups excluding carboxylic acids is 3. The lowest BCUT2D eigenvalue weighted by molar-refractivity contribution is -0.129. The Labute approximate surface area is 193 Å². The lowest BCUT2D eigenvalue weighted by Gasteiger charge is -2.17.